The summed E-state index contributed by atoms with van der Waals surface area (Å²) in [4.78, 5) is 25.2. The number of nitrogens with one attached hydrogen (secondary N) is 1. The Hall–Kier alpha value is -2.65. The van der Waals surface area contributed by atoms with Crippen LogP contribution in [0.5, 0.6) is 5.75 Å². The highest BCUT2D eigenvalue weighted by Gasteiger charge is 2.15. The van der Waals surface area contributed by atoms with Crippen LogP contribution in [0.25, 0.3) is 0 Å². The lowest BCUT2D eigenvalue weighted by molar-refractivity contribution is -0.116. The third kappa shape index (κ3) is 4.00. The molecule has 0 bridgehead atoms. The van der Waals surface area contributed by atoms with Crippen molar-refractivity contribution in [3.8, 4) is 11.8 Å². The number of ether oxygens (including phenoxy) is 1. The van der Waals surface area contributed by atoms with Crippen molar-refractivity contribution >= 4 is 28.0 Å². The van der Waals surface area contributed by atoms with Gasteiger partial charge in [0.2, 0.25) is 5.91 Å². The Morgan fingerprint density at radius 1 is 1.21 bits per heavy atom. The Kier molecular flexibility index (Phi) is 5.72. The number of thiophene rings is 1. The van der Waals surface area contributed by atoms with Gasteiger partial charge in [-0.2, -0.15) is 5.26 Å². The van der Waals surface area contributed by atoms with Crippen molar-refractivity contribution in [3.63, 3.8) is 0 Å². The van der Waals surface area contributed by atoms with Gasteiger partial charge in [0.05, 0.1) is 12.7 Å². The van der Waals surface area contributed by atoms with Crippen molar-refractivity contribution in [2.75, 3.05) is 12.4 Å². The summed E-state index contributed by atoms with van der Waals surface area (Å²) in [5.74, 6) is 0.304. The van der Waals surface area contributed by atoms with Crippen LogP contribution in [-0.2, 0) is 4.79 Å². The molecule has 0 atom stereocenters. The summed E-state index contributed by atoms with van der Waals surface area (Å²) in [6.45, 7) is 3.76. The van der Waals surface area contributed by atoms with Gasteiger partial charge in [-0.15, -0.1) is 11.3 Å². The molecule has 0 aliphatic heterocycles. The molecule has 6 heteroatoms. The number of carbonyl (C=O) groups excluding carboxylic acids is 2. The number of amides is 1. The number of hydrogen-bond acceptors (Lipinski definition) is 5. The highest BCUT2D eigenvalue weighted by atomic mass is 32.1. The van der Waals surface area contributed by atoms with Crippen LogP contribution >= 0.6 is 11.3 Å². The number of ketones is 1. The lowest BCUT2D eigenvalue weighted by Crippen LogP contribution is -2.13. The molecule has 0 spiro atoms. The zero-order valence-corrected chi connectivity index (χ0v) is 14.6. The molecule has 0 saturated carbocycles. The predicted octanol–water partition coefficient (Wildman–Crippen LogP) is 3.85. The molecule has 5 nitrogen and oxygen atoms in total. The van der Waals surface area contributed by atoms with E-state index in [0.29, 0.717) is 21.9 Å². The fraction of sp³-hybridized carbons (Fsp3) is 0.278. The number of carbonyl (C=O) groups is 2. The highest BCUT2D eigenvalue weighted by molar-refractivity contribution is 7.16. The van der Waals surface area contributed by atoms with E-state index in [4.69, 9.17) is 4.74 Å². The van der Waals surface area contributed by atoms with E-state index in [9.17, 15) is 14.9 Å². The molecule has 0 aliphatic carbocycles. The largest absolute Gasteiger partial charge is 0.497 e. The van der Waals surface area contributed by atoms with E-state index in [1.807, 2.05) is 13.8 Å². The first-order valence-electron chi connectivity index (χ1n) is 7.43. The number of Topliss-reactive ketones (excluding diaryl/α,β-unsaturated/α-hetero) is 1. The van der Waals surface area contributed by atoms with Crippen LogP contribution in [0.4, 0.5) is 5.00 Å². The summed E-state index contributed by atoms with van der Waals surface area (Å²) in [5, 5.41) is 12.5. The summed E-state index contributed by atoms with van der Waals surface area (Å²) in [6, 6.07) is 8.89. The van der Waals surface area contributed by atoms with Gasteiger partial charge in [0.25, 0.3) is 0 Å². The van der Waals surface area contributed by atoms with Crippen LogP contribution in [0.3, 0.4) is 0 Å². The maximum Gasteiger partial charge on any atom is 0.225 e. The molecule has 1 aromatic carbocycles. The molecule has 1 amide bonds. The Balaban J connectivity index is 1.94. The van der Waals surface area contributed by atoms with Crippen LogP contribution in [0, 0.1) is 25.2 Å². The average molecular weight is 342 g/mol. The molecule has 1 heterocycles. The Morgan fingerprint density at radius 2 is 1.88 bits per heavy atom. The molecule has 124 valence electrons. The molecule has 0 saturated heterocycles. The standard InChI is InChI=1S/C18H18N2O3S/c1-11-12(2)24-18(15(11)10-19)20-17(22)9-8-16(21)13-4-6-14(23-3)7-5-13/h4-7H,8-9H2,1-3H3,(H,20,22). The number of methoxy groups -OCH3 is 1. The fourth-order valence-electron chi connectivity index (χ4n) is 2.19. The summed E-state index contributed by atoms with van der Waals surface area (Å²) in [7, 11) is 1.56. The molecule has 2 aromatic rings. The Bertz CT molecular complexity index is 801. The van der Waals surface area contributed by atoms with Crippen molar-refractivity contribution in [3.05, 3.63) is 45.8 Å². The normalized spacial score (nSPS) is 10.1. The number of nitriles is 1. The van der Waals surface area contributed by atoms with E-state index in [1.165, 1.54) is 11.3 Å². The van der Waals surface area contributed by atoms with Gasteiger partial charge in [0.1, 0.15) is 16.8 Å². The van der Waals surface area contributed by atoms with Crippen molar-refractivity contribution in [1.29, 1.82) is 5.26 Å². The second-order valence-electron chi connectivity index (χ2n) is 5.30. The predicted molar refractivity (Wildman–Crippen MR) is 93.7 cm³/mol. The third-order valence-electron chi connectivity index (χ3n) is 3.74. The Morgan fingerprint density at radius 3 is 2.46 bits per heavy atom. The fourth-order valence-corrected chi connectivity index (χ4v) is 3.21. The summed E-state index contributed by atoms with van der Waals surface area (Å²) >= 11 is 1.38. The van der Waals surface area contributed by atoms with Gasteiger partial charge < -0.3 is 10.1 Å². The number of hydrogen-bond donors (Lipinski definition) is 1. The first kappa shape index (κ1) is 17.7. The zero-order valence-electron chi connectivity index (χ0n) is 13.8. The number of benzene rings is 1. The van der Waals surface area contributed by atoms with Gasteiger partial charge in [-0.1, -0.05) is 0 Å². The molecule has 0 aliphatic rings. The van der Waals surface area contributed by atoms with Crippen LogP contribution in [-0.4, -0.2) is 18.8 Å². The SMILES string of the molecule is COc1ccc(C(=O)CCC(=O)Nc2sc(C)c(C)c2C#N)cc1. The molecule has 0 unspecified atom stereocenters. The van der Waals surface area contributed by atoms with E-state index >= 15 is 0 Å². The van der Waals surface area contributed by atoms with E-state index in [0.717, 1.165) is 10.4 Å². The molecule has 1 aromatic heterocycles. The highest BCUT2D eigenvalue weighted by Crippen LogP contribution is 2.31. The van der Waals surface area contributed by atoms with E-state index in [1.54, 1.807) is 31.4 Å². The smallest absolute Gasteiger partial charge is 0.225 e. The number of rotatable bonds is 6. The molecule has 2 rings (SSSR count). The second kappa shape index (κ2) is 7.75. The summed E-state index contributed by atoms with van der Waals surface area (Å²) in [5.41, 5.74) is 1.92. The minimum atomic E-state index is -0.269. The van der Waals surface area contributed by atoms with Crippen LogP contribution < -0.4 is 10.1 Å². The van der Waals surface area contributed by atoms with Crippen LogP contribution in [0.1, 0.15) is 39.2 Å². The number of aryl methyl sites for hydroxylation is 1. The van der Waals surface area contributed by atoms with Gasteiger partial charge in [0.15, 0.2) is 5.78 Å². The van der Waals surface area contributed by atoms with Crippen molar-refractivity contribution < 1.29 is 14.3 Å². The van der Waals surface area contributed by atoms with Gasteiger partial charge in [-0.25, -0.2) is 0 Å². The minimum Gasteiger partial charge on any atom is -0.497 e. The summed E-state index contributed by atoms with van der Waals surface area (Å²) in [6.07, 6.45) is 0.190. The molecular weight excluding hydrogens is 324 g/mol. The van der Waals surface area contributed by atoms with Crippen molar-refractivity contribution in [2.45, 2.75) is 26.7 Å². The monoisotopic (exact) mass is 342 g/mol. The average Bonchev–Trinajstić information content (AvgIpc) is 2.86. The van der Waals surface area contributed by atoms with Gasteiger partial charge in [-0.3, -0.25) is 9.59 Å². The second-order valence-corrected chi connectivity index (χ2v) is 6.52. The van der Waals surface area contributed by atoms with Crippen LogP contribution in [0.15, 0.2) is 24.3 Å². The Labute approximate surface area is 144 Å². The maximum absolute atomic E-state index is 12.1. The first-order chi connectivity index (χ1) is 11.5. The van der Waals surface area contributed by atoms with Gasteiger partial charge in [0, 0.05) is 23.3 Å². The first-order valence-corrected chi connectivity index (χ1v) is 8.25. The lowest BCUT2D eigenvalue weighted by atomic mass is 10.1. The van der Waals surface area contributed by atoms with Crippen molar-refractivity contribution in [2.24, 2.45) is 0 Å². The van der Waals surface area contributed by atoms with Crippen molar-refractivity contribution in [1.82, 2.24) is 0 Å². The third-order valence-corrected chi connectivity index (χ3v) is 4.86. The van der Waals surface area contributed by atoms with E-state index in [2.05, 4.69) is 11.4 Å². The van der Waals surface area contributed by atoms with Gasteiger partial charge in [-0.05, 0) is 43.7 Å². The molecule has 0 radical (unpaired) electrons. The van der Waals surface area contributed by atoms with Gasteiger partial charge >= 0.3 is 0 Å². The quantitative estimate of drug-likeness (QED) is 0.809. The number of nitrogens with zero attached hydrogens (tertiary/aromatic N) is 1. The topological polar surface area (TPSA) is 79.2 Å². The molecule has 0 fully saturated rings. The summed E-state index contributed by atoms with van der Waals surface area (Å²) < 4.78 is 5.05. The van der Waals surface area contributed by atoms with E-state index in [-0.39, 0.29) is 24.5 Å². The van der Waals surface area contributed by atoms with Crippen LogP contribution in [0.2, 0.25) is 0 Å². The molecular formula is C18H18N2O3S. The number of anilines is 1. The lowest BCUT2D eigenvalue weighted by Gasteiger charge is -2.04. The maximum atomic E-state index is 12.1. The molecule has 24 heavy (non-hydrogen) atoms. The molecule has 1 N–H and O–H groups in total. The minimum absolute atomic E-state index is 0.0751. The van der Waals surface area contributed by atoms with E-state index < -0.39 is 0 Å². The zero-order chi connectivity index (χ0) is 17.7.